The third-order valence-corrected chi connectivity index (χ3v) is 4.62. The van der Waals surface area contributed by atoms with Gasteiger partial charge in [0.05, 0.1) is 4.92 Å². The second kappa shape index (κ2) is 11.1. The Morgan fingerprint density at radius 2 is 1.59 bits per heavy atom. The Kier molecular flexibility index (Phi) is 8.49. The van der Waals surface area contributed by atoms with Gasteiger partial charge in [-0.1, -0.05) is 57.2 Å². The van der Waals surface area contributed by atoms with Gasteiger partial charge in [-0.05, 0) is 36.2 Å². The number of nitro groups is 1. The van der Waals surface area contributed by atoms with E-state index in [1.165, 1.54) is 31.4 Å². The molecular formula is C22H28N2O3. The number of carbonyl (C=O) groups is 1. The predicted molar refractivity (Wildman–Crippen MR) is 109 cm³/mol. The van der Waals surface area contributed by atoms with Crippen LogP contribution in [0.2, 0.25) is 0 Å². The molecule has 0 fully saturated rings. The third-order valence-electron chi connectivity index (χ3n) is 4.62. The van der Waals surface area contributed by atoms with E-state index in [-0.39, 0.29) is 11.5 Å². The van der Waals surface area contributed by atoms with Crippen LogP contribution in [0.5, 0.6) is 0 Å². The Morgan fingerprint density at radius 1 is 0.963 bits per heavy atom. The number of anilines is 1. The summed E-state index contributed by atoms with van der Waals surface area (Å²) in [5.41, 5.74) is 1.64. The van der Waals surface area contributed by atoms with Gasteiger partial charge < -0.3 is 5.32 Å². The van der Waals surface area contributed by atoms with Crippen LogP contribution in [0.3, 0.4) is 0 Å². The number of hydrogen-bond acceptors (Lipinski definition) is 4. The van der Waals surface area contributed by atoms with Crippen molar-refractivity contribution in [1.29, 1.82) is 0 Å². The topological polar surface area (TPSA) is 72.2 Å². The first kappa shape index (κ1) is 20.6. The lowest BCUT2D eigenvalue weighted by atomic mass is 9.97. The predicted octanol–water partition coefficient (Wildman–Crippen LogP) is 6.07. The van der Waals surface area contributed by atoms with Crippen molar-refractivity contribution >= 4 is 17.2 Å². The lowest BCUT2D eigenvalue weighted by Crippen LogP contribution is -2.21. The first-order valence-corrected chi connectivity index (χ1v) is 9.70. The highest BCUT2D eigenvalue weighted by Gasteiger charge is 2.21. The lowest BCUT2D eigenvalue weighted by Gasteiger charge is -2.19. The SMILES string of the molecule is CCCCCCCCC(=O)C(Nc1ccccc1)c1ccc([N+](=O)[O-])cc1. The number of benzene rings is 2. The normalized spacial score (nSPS) is 11.7. The molecule has 0 amide bonds. The molecule has 1 unspecified atom stereocenters. The van der Waals surface area contributed by atoms with Crippen molar-refractivity contribution in [3.8, 4) is 0 Å². The van der Waals surface area contributed by atoms with Gasteiger partial charge in [-0.3, -0.25) is 14.9 Å². The Morgan fingerprint density at radius 3 is 2.22 bits per heavy atom. The zero-order valence-corrected chi connectivity index (χ0v) is 15.9. The number of nitrogens with one attached hydrogen (secondary N) is 1. The summed E-state index contributed by atoms with van der Waals surface area (Å²) >= 11 is 0. The molecule has 1 atom stereocenters. The van der Waals surface area contributed by atoms with Crippen molar-refractivity contribution in [2.24, 2.45) is 0 Å². The summed E-state index contributed by atoms with van der Waals surface area (Å²) in [6, 6.07) is 15.3. The van der Waals surface area contributed by atoms with Crippen LogP contribution in [0.15, 0.2) is 54.6 Å². The number of rotatable bonds is 12. The Balaban J connectivity index is 2.04. The summed E-state index contributed by atoms with van der Waals surface area (Å²) < 4.78 is 0. The molecule has 0 radical (unpaired) electrons. The molecule has 0 heterocycles. The van der Waals surface area contributed by atoms with E-state index in [1.54, 1.807) is 12.1 Å². The van der Waals surface area contributed by atoms with Crippen LogP contribution in [0, 0.1) is 10.1 Å². The summed E-state index contributed by atoms with van der Waals surface area (Å²) in [6.45, 7) is 2.19. The van der Waals surface area contributed by atoms with Crippen LogP contribution in [-0.2, 0) is 4.79 Å². The fourth-order valence-corrected chi connectivity index (χ4v) is 3.06. The largest absolute Gasteiger partial charge is 0.372 e. The summed E-state index contributed by atoms with van der Waals surface area (Å²) in [4.78, 5) is 23.3. The van der Waals surface area contributed by atoms with E-state index < -0.39 is 11.0 Å². The fraction of sp³-hybridized carbons (Fsp3) is 0.409. The van der Waals surface area contributed by atoms with Crippen LogP contribution >= 0.6 is 0 Å². The number of ketones is 1. The summed E-state index contributed by atoms with van der Waals surface area (Å²) in [5, 5.41) is 14.2. The molecule has 27 heavy (non-hydrogen) atoms. The monoisotopic (exact) mass is 368 g/mol. The van der Waals surface area contributed by atoms with E-state index in [0.29, 0.717) is 6.42 Å². The standard InChI is InChI=1S/C22H28N2O3/c1-2-3-4-5-6-10-13-21(25)22(23-19-11-8-7-9-12-19)18-14-16-20(17-15-18)24(26)27/h7-9,11-12,14-17,22-23H,2-6,10,13H2,1H3. The molecule has 5 heteroatoms. The minimum absolute atomic E-state index is 0.0283. The summed E-state index contributed by atoms with van der Waals surface area (Å²) in [6.07, 6.45) is 7.28. The van der Waals surface area contributed by atoms with Gasteiger partial charge in [-0.2, -0.15) is 0 Å². The maximum atomic E-state index is 12.9. The van der Waals surface area contributed by atoms with Crippen molar-refractivity contribution in [2.75, 3.05) is 5.32 Å². The molecule has 0 aliphatic heterocycles. The smallest absolute Gasteiger partial charge is 0.269 e. The van der Waals surface area contributed by atoms with Crippen molar-refractivity contribution in [2.45, 2.75) is 57.9 Å². The number of nitro benzene ring substituents is 1. The lowest BCUT2D eigenvalue weighted by molar-refractivity contribution is -0.384. The second-order valence-corrected chi connectivity index (χ2v) is 6.78. The Bertz CT molecular complexity index is 714. The molecule has 0 saturated carbocycles. The Labute approximate surface area is 161 Å². The van der Waals surface area contributed by atoms with E-state index >= 15 is 0 Å². The van der Waals surface area contributed by atoms with Crippen molar-refractivity contribution < 1.29 is 9.72 Å². The zero-order valence-electron chi connectivity index (χ0n) is 15.9. The van der Waals surface area contributed by atoms with E-state index in [9.17, 15) is 14.9 Å². The van der Waals surface area contributed by atoms with Crippen LogP contribution < -0.4 is 5.32 Å². The van der Waals surface area contributed by atoms with Crippen LogP contribution in [0.25, 0.3) is 0 Å². The molecule has 0 aliphatic carbocycles. The average molecular weight is 368 g/mol. The molecule has 0 aromatic heterocycles. The highest BCUT2D eigenvalue weighted by Crippen LogP contribution is 2.25. The zero-order chi connectivity index (χ0) is 19.5. The minimum atomic E-state index is -0.496. The molecule has 2 aromatic rings. The molecular weight excluding hydrogens is 340 g/mol. The van der Waals surface area contributed by atoms with Gasteiger partial charge in [0.2, 0.25) is 0 Å². The third kappa shape index (κ3) is 6.85. The second-order valence-electron chi connectivity index (χ2n) is 6.78. The molecule has 0 aliphatic rings. The average Bonchev–Trinajstić information content (AvgIpc) is 2.69. The van der Waals surface area contributed by atoms with Crippen LogP contribution in [-0.4, -0.2) is 10.7 Å². The van der Waals surface area contributed by atoms with E-state index in [4.69, 9.17) is 0 Å². The van der Waals surface area contributed by atoms with Gasteiger partial charge in [-0.15, -0.1) is 0 Å². The molecule has 5 nitrogen and oxygen atoms in total. The van der Waals surface area contributed by atoms with E-state index in [2.05, 4.69) is 12.2 Å². The molecule has 1 N–H and O–H groups in total. The number of unbranched alkanes of at least 4 members (excludes halogenated alkanes) is 5. The van der Waals surface area contributed by atoms with E-state index in [0.717, 1.165) is 30.5 Å². The number of nitrogens with zero attached hydrogens (tertiary/aromatic N) is 1. The molecule has 0 bridgehead atoms. The first-order valence-electron chi connectivity index (χ1n) is 9.70. The molecule has 2 aromatic carbocycles. The number of non-ortho nitro benzene ring substituents is 1. The first-order chi connectivity index (χ1) is 13.1. The fourth-order valence-electron chi connectivity index (χ4n) is 3.06. The maximum Gasteiger partial charge on any atom is 0.269 e. The number of hydrogen-bond donors (Lipinski definition) is 1. The highest BCUT2D eigenvalue weighted by atomic mass is 16.6. The van der Waals surface area contributed by atoms with Crippen LogP contribution in [0.1, 0.15) is 63.5 Å². The molecule has 0 spiro atoms. The minimum Gasteiger partial charge on any atom is -0.372 e. The van der Waals surface area contributed by atoms with Gasteiger partial charge in [0.15, 0.2) is 5.78 Å². The van der Waals surface area contributed by atoms with Gasteiger partial charge in [0.1, 0.15) is 6.04 Å². The van der Waals surface area contributed by atoms with Crippen molar-refractivity contribution in [3.63, 3.8) is 0 Å². The summed E-state index contributed by atoms with van der Waals surface area (Å²) in [7, 11) is 0. The quantitative estimate of drug-likeness (QED) is 0.280. The van der Waals surface area contributed by atoms with Gasteiger partial charge in [0.25, 0.3) is 5.69 Å². The number of Topliss-reactive ketones (excluding diaryl/α,β-unsaturated/α-hetero) is 1. The maximum absolute atomic E-state index is 12.9. The number of para-hydroxylation sites is 1. The van der Waals surface area contributed by atoms with Gasteiger partial charge >= 0.3 is 0 Å². The molecule has 0 saturated heterocycles. The highest BCUT2D eigenvalue weighted by molar-refractivity contribution is 5.88. The van der Waals surface area contributed by atoms with Crippen molar-refractivity contribution in [1.82, 2.24) is 0 Å². The molecule has 144 valence electrons. The van der Waals surface area contributed by atoms with Crippen LogP contribution in [0.4, 0.5) is 11.4 Å². The van der Waals surface area contributed by atoms with Crippen molar-refractivity contribution in [3.05, 3.63) is 70.3 Å². The summed E-state index contributed by atoms with van der Waals surface area (Å²) in [5.74, 6) is 0.114. The molecule has 2 rings (SSSR count). The van der Waals surface area contributed by atoms with E-state index in [1.807, 2.05) is 30.3 Å². The van der Waals surface area contributed by atoms with Gasteiger partial charge in [-0.25, -0.2) is 0 Å². The number of carbonyl (C=O) groups excluding carboxylic acids is 1. The Hall–Kier alpha value is -2.69. The van der Waals surface area contributed by atoms with Gasteiger partial charge in [0, 0.05) is 24.2 Å².